The monoisotopic (exact) mass is 338 g/mol. The van der Waals surface area contributed by atoms with Crippen molar-refractivity contribution in [2.75, 3.05) is 13.7 Å². The smallest absolute Gasteiger partial charge is 0.245 e. The summed E-state index contributed by atoms with van der Waals surface area (Å²) in [5, 5.41) is 11.6. The van der Waals surface area contributed by atoms with Gasteiger partial charge in [0.15, 0.2) is 11.7 Å². The van der Waals surface area contributed by atoms with Crippen molar-refractivity contribution in [3.63, 3.8) is 0 Å². The van der Waals surface area contributed by atoms with E-state index in [0.717, 1.165) is 4.47 Å². The lowest BCUT2D eigenvalue weighted by Gasteiger charge is -2.15. The number of nitriles is 1. The molecule has 2 atom stereocenters. The quantitative estimate of drug-likeness (QED) is 0.634. The molecule has 1 amide bonds. The van der Waals surface area contributed by atoms with Crippen LogP contribution in [0.4, 0.5) is 0 Å². The van der Waals surface area contributed by atoms with E-state index in [0.29, 0.717) is 12.2 Å². The third-order valence-corrected chi connectivity index (χ3v) is 3.12. The summed E-state index contributed by atoms with van der Waals surface area (Å²) in [5.74, 6) is -2.47. The largest absolute Gasteiger partial charge is 0.383 e. The van der Waals surface area contributed by atoms with Gasteiger partial charge >= 0.3 is 0 Å². The number of ether oxygens (including phenoxy) is 1. The second-order valence-electron chi connectivity index (χ2n) is 4.30. The summed E-state index contributed by atoms with van der Waals surface area (Å²) in [6, 6.07) is 8.00. The summed E-state index contributed by atoms with van der Waals surface area (Å²) in [4.78, 5) is 24.1. The van der Waals surface area contributed by atoms with E-state index in [4.69, 9.17) is 10.00 Å². The molecule has 0 aromatic heterocycles. The van der Waals surface area contributed by atoms with Gasteiger partial charge in [-0.2, -0.15) is 5.26 Å². The van der Waals surface area contributed by atoms with Crippen LogP contribution in [0.1, 0.15) is 17.3 Å². The molecule has 106 valence electrons. The normalized spacial score (nSPS) is 13.1. The number of hydrogen-bond acceptors (Lipinski definition) is 4. The van der Waals surface area contributed by atoms with E-state index in [2.05, 4.69) is 21.2 Å². The highest BCUT2D eigenvalue weighted by Crippen LogP contribution is 2.14. The number of carbonyl (C=O) groups is 2. The molecule has 0 saturated heterocycles. The molecule has 1 aromatic carbocycles. The fourth-order valence-electron chi connectivity index (χ4n) is 1.63. The lowest BCUT2D eigenvalue weighted by Crippen LogP contribution is -2.41. The third-order valence-electron chi connectivity index (χ3n) is 2.59. The van der Waals surface area contributed by atoms with Gasteiger partial charge in [-0.3, -0.25) is 9.59 Å². The molecule has 6 heteroatoms. The number of nitrogens with zero attached hydrogens (tertiary/aromatic N) is 1. The first-order chi connectivity index (χ1) is 9.49. The van der Waals surface area contributed by atoms with Crippen LogP contribution in [0, 0.1) is 17.2 Å². The van der Waals surface area contributed by atoms with Gasteiger partial charge in [-0.15, -0.1) is 0 Å². The van der Waals surface area contributed by atoms with E-state index >= 15 is 0 Å². The first-order valence-corrected chi connectivity index (χ1v) is 6.77. The second kappa shape index (κ2) is 7.78. The molecule has 0 aliphatic rings. The van der Waals surface area contributed by atoms with Crippen LogP contribution in [-0.4, -0.2) is 31.4 Å². The molecule has 0 bridgehead atoms. The van der Waals surface area contributed by atoms with Crippen molar-refractivity contribution in [2.45, 2.75) is 13.0 Å². The molecular formula is C14H15BrN2O3. The maximum atomic E-state index is 12.1. The van der Waals surface area contributed by atoms with Crippen molar-refractivity contribution in [1.82, 2.24) is 5.32 Å². The summed E-state index contributed by atoms with van der Waals surface area (Å²) >= 11 is 3.26. The Morgan fingerprint density at radius 2 is 2.00 bits per heavy atom. The molecule has 1 aromatic rings. The van der Waals surface area contributed by atoms with Crippen LogP contribution in [0.3, 0.4) is 0 Å². The van der Waals surface area contributed by atoms with Crippen LogP contribution in [-0.2, 0) is 9.53 Å². The molecule has 20 heavy (non-hydrogen) atoms. The minimum Gasteiger partial charge on any atom is -0.383 e. The Hall–Kier alpha value is -1.71. The molecule has 0 heterocycles. The van der Waals surface area contributed by atoms with E-state index < -0.39 is 17.6 Å². The van der Waals surface area contributed by atoms with E-state index in [1.54, 1.807) is 37.3 Å². The third kappa shape index (κ3) is 4.44. The van der Waals surface area contributed by atoms with E-state index in [9.17, 15) is 9.59 Å². The van der Waals surface area contributed by atoms with Gasteiger partial charge in [0.1, 0.15) is 0 Å². The zero-order valence-corrected chi connectivity index (χ0v) is 12.8. The van der Waals surface area contributed by atoms with Crippen molar-refractivity contribution in [2.24, 2.45) is 5.92 Å². The number of amides is 1. The predicted octanol–water partition coefficient (Wildman–Crippen LogP) is 1.92. The number of ketones is 1. The highest BCUT2D eigenvalue weighted by atomic mass is 79.9. The second-order valence-corrected chi connectivity index (χ2v) is 5.21. The number of halogens is 1. The van der Waals surface area contributed by atoms with Crippen LogP contribution in [0.2, 0.25) is 0 Å². The van der Waals surface area contributed by atoms with E-state index in [-0.39, 0.29) is 6.04 Å². The van der Waals surface area contributed by atoms with E-state index in [1.807, 2.05) is 0 Å². The average molecular weight is 339 g/mol. The molecular weight excluding hydrogens is 324 g/mol. The number of hydrogen-bond donors (Lipinski definition) is 1. The maximum Gasteiger partial charge on any atom is 0.245 e. The summed E-state index contributed by atoms with van der Waals surface area (Å²) in [6.45, 7) is 2.05. The van der Waals surface area contributed by atoms with Crippen molar-refractivity contribution >= 4 is 27.6 Å². The fourth-order valence-corrected chi connectivity index (χ4v) is 1.90. The van der Waals surface area contributed by atoms with Gasteiger partial charge in [0.05, 0.1) is 12.7 Å². The lowest BCUT2D eigenvalue weighted by molar-refractivity contribution is -0.123. The van der Waals surface area contributed by atoms with Crippen LogP contribution >= 0.6 is 15.9 Å². The molecule has 1 N–H and O–H groups in total. The molecule has 1 rings (SSSR count). The van der Waals surface area contributed by atoms with Gasteiger partial charge < -0.3 is 10.1 Å². The SMILES string of the molecule is COC[C@@H](C)NC(=O)[C@H](C#N)C(=O)c1ccc(Br)cc1. The summed E-state index contributed by atoms with van der Waals surface area (Å²) in [6.07, 6.45) is 0. The van der Waals surface area contributed by atoms with Crippen molar-refractivity contribution in [1.29, 1.82) is 5.26 Å². The minimum atomic E-state index is -1.35. The Bertz CT molecular complexity index is 522. The van der Waals surface area contributed by atoms with Gasteiger partial charge in [-0.1, -0.05) is 28.1 Å². The zero-order chi connectivity index (χ0) is 15.1. The molecule has 0 spiro atoms. The Kier molecular flexibility index (Phi) is 6.36. The molecule has 0 unspecified atom stereocenters. The highest BCUT2D eigenvalue weighted by molar-refractivity contribution is 9.10. The maximum absolute atomic E-state index is 12.1. The average Bonchev–Trinajstić information content (AvgIpc) is 2.40. The van der Waals surface area contributed by atoms with Crippen LogP contribution in [0.15, 0.2) is 28.7 Å². The Labute approximate surface area is 126 Å². The number of carbonyl (C=O) groups excluding carboxylic acids is 2. The van der Waals surface area contributed by atoms with Gasteiger partial charge in [0, 0.05) is 23.2 Å². The van der Waals surface area contributed by atoms with Crippen LogP contribution in [0.25, 0.3) is 0 Å². The number of Topliss-reactive ketones (excluding diaryl/α,β-unsaturated/α-hetero) is 1. The Morgan fingerprint density at radius 1 is 1.40 bits per heavy atom. The van der Waals surface area contributed by atoms with Crippen molar-refractivity contribution < 1.29 is 14.3 Å². The molecule has 5 nitrogen and oxygen atoms in total. The Morgan fingerprint density at radius 3 is 2.50 bits per heavy atom. The number of benzene rings is 1. The first-order valence-electron chi connectivity index (χ1n) is 5.98. The first kappa shape index (κ1) is 16.3. The number of methoxy groups -OCH3 is 1. The molecule has 0 aliphatic carbocycles. The zero-order valence-electron chi connectivity index (χ0n) is 11.2. The standard InChI is InChI=1S/C14H15BrN2O3/c1-9(8-20-2)17-14(19)12(7-16)13(18)10-3-5-11(15)6-4-10/h3-6,9,12H,8H2,1-2H3,(H,17,19)/t9-,12-/m1/s1. The number of nitrogens with one attached hydrogen (secondary N) is 1. The van der Waals surface area contributed by atoms with Crippen molar-refractivity contribution in [3.05, 3.63) is 34.3 Å². The highest BCUT2D eigenvalue weighted by Gasteiger charge is 2.28. The Balaban J connectivity index is 2.80. The van der Waals surface area contributed by atoms with Gasteiger partial charge in [-0.05, 0) is 19.1 Å². The molecule has 0 aliphatic heterocycles. The van der Waals surface area contributed by atoms with Gasteiger partial charge in [-0.25, -0.2) is 0 Å². The van der Waals surface area contributed by atoms with Gasteiger partial charge in [0.2, 0.25) is 5.91 Å². The van der Waals surface area contributed by atoms with Crippen molar-refractivity contribution in [3.8, 4) is 6.07 Å². The van der Waals surface area contributed by atoms with Crippen LogP contribution in [0.5, 0.6) is 0 Å². The van der Waals surface area contributed by atoms with Gasteiger partial charge in [0.25, 0.3) is 0 Å². The topological polar surface area (TPSA) is 79.2 Å². The summed E-state index contributed by atoms with van der Waals surface area (Å²) in [5.41, 5.74) is 0.328. The molecule has 0 fully saturated rings. The number of rotatable bonds is 6. The lowest BCUT2D eigenvalue weighted by atomic mass is 9.98. The van der Waals surface area contributed by atoms with Crippen LogP contribution < -0.4 is 5.32 Å². The predicted molar refractivity (Wildman–Crippen MR) is 77.1 cm³/mol. The molecule has 0 saturated carbocycles. The summed E-state index contributed by atoms with van der Waals surface area (Å²) in [7, 11) is 1.51. The molecule has 0 radical (unpaired) electrons. The fraction of sp³-hybridized carbons (Fsp3) is 0.357. The van der Waals surface area contributed by atoms with E-state index in [1.165, 1.54) is 7.11 Å². The summed E-state index contributed by atoms with van der Waals surface area (Å²) < 4.78 is 5.71. The minimum absolute atomic E-state index is 0.263.